The molecule has 0 saturated carbocycles. The molecule has 1 aliphatic rings. The zero-order valence-corrected chi connectivity index (χ0v) is 23.7. The van der Waals surface area contributed by atoms with E-state index in [0.717, 1.165) is 0 Å². The van der Waals surface area contributed by atoms with Crippen molar-refractivity contribution in [2.75, 3.05) is 37.6 Å². The Labute approximate surface area is 232 Å². The summed E-state index contributed by atoms with van der Waals surface area (Å²) in [4.78, 5) is 35.3. The Kier molecular flexibility index (Phi) is 8.32. The van der Waals surface area contributed by atoms with Crippen LogP contribution in [0.2, 0.25) is 0 Å². The lowest BCUT2D eigenvalue weighted by Gasteiger charge is -2.37. The minimum absolute atomic E-state index is 0.123. The molecule has 3 heterocycles. The number of anilines is 1. The molecule has 2 amide bonds. The summed E-state index contributed by atoms with van der Waals surface area (Å²) in [6, 6.07) is 5.64. The molecule has 0 bridgehead atoms. The first-order chi connectivity index (χ1) is 18.8. The van der Waals surface area contributed by atoms with Crippen LogP contribution >= 0.6 is 0 Å². The van der Waals surface area contributed by atoms with E-state index in [9.17, 15) is 22.8 Å². The smallest absolute Gasteiger partial charge is 0.410 e. The van der Waals surface area contributed by atoms with Gasteiger partial charge in [0.05, 0.1) is 23.0 Å². The van der Waals surface area contributed by atoms with Crippen molar-refractivity contribution in [2.45, 2.75) is 59.6 Å². The SMILES string of the molecule is CCN(C(=O)c1cc(F)ccc1-c1cc(N2CCN(C(=O)OC(C)(C)C)CC2)cn2c(C(F)F)ncc12)C(C)C. The molecule has 216 valence electrons. The van der Waals surface area contributed by atoms with Crippen LogP contribution in [0, 0.1) is 5.82 Å². The molecule has 0 aliphatic carbocycles. The van der Waals surface area contributed by atoms with E-state index in [0.29, 0.717) is 55.1 Å². The molecular weight excluding hydrogens is 523 g/mol. The highest BCUT2D eigenvalue weighted by molar-refractivity contribution is 6.03. The van der Waals surface area contributed by atoms with E-state index >= 15 is 0 Å². The Morgan fingerprint density at radius 3 is 2.33 bits per heavy atom. The van der Waals surface area contributed by atoms with E-state index in [1.54, 1.807) is 36.8 Å². The Morgan fingerprint density at radius 1 is 1.07 bits per heavy atom. The second-order valence-electron chi connectivity index (χ2n) is 11.1. The Balaban J connectivity index is 1.78. The third-order valence-corrected chi connectivity index (χ3v) is 6.87. The third-order valence-electron chi connectivity index (χ3n) is 6.87. The van der Waals surface area contributed by atoms with Gasteiger partial charge >= 0.3 is 6.09 Å². The second-order valence-corrected chi connectivity index (χ2v) is 11.1. The predicted octanol–water partition coefficient (Wildman–Crippen LogP) is 6.01. The molecule has 2 aromatic heterocycles. The summed E-state index contributed by atoms with van der Waals surface area (Å²) >= 11 is 0. The molecule has 0 spiro atoms. The standard InChI is InChI=1S/C29H36F3N5O3/c1-7-36(18(2)3)27(38)23-14-19(30)8-9-21(23)22-15-20(17-37-24(22)16-33-26(37)25(31)32)34-10-12-35(13-11-34)28(39)40-29(4,5)6/h8-9,14-18,25H,7,10-13H2,1-6H3. The van der Waals surface area contributed by atoms with Crippen molar-refractivity contribution in [2.24, 2.45) is 0 Å². The van der Waals surface area contributed by atoms with E-state index in [1.165, 1.54) is 28.8 Å². The van der Waals surface area contributed by atoms with Gasteiger partial charge in [-0.15, -0.1) is 0 Å². The number of fused-ring (bicyclic) bond motifs is 1. The second kappa shape index (κ2) is 11.4. The van der Waals surface area contributed by atoms with Gasteiger partial charge in [-0.3, -0.25) is 9.20 Å². The van der Waals surface area contributed by atoms with E-state index in [1.807, 2.05) is 31.7 Å². The third kappa shape index (κ3) is 6.03. The van der Waals surface area contributed by atoms with Crippen LogP contribution in [0.5, 0.6) is 0 Å². The molecule has 1 fully saturated rings. The van der Waals surface area contributed by atoms with Gasteiger partial charge < -0.3 is 19.4 Å². The molecule has 4 rings (SSSR count). The molecule has 40 heavy (non-hydrogen) atoms. The zero-order valence-electron chi connectivity index (χ0n) is 23.7. The van der Waals surface area contributed by atoms with Crippen LogP contribution in [0.25, 0.3) is 16.6 Å². The van der Waals surface area contributed by atoms with Gasteiger partial charge in [-0.05, 0) is 65.3 Å². The summed E-state index contributed by atoms with van der Waals surface area (Å²) in [5, 5.41) is 0. The number of alkyl halides is 2. The number of carbonyl (C=O) groups excluding carboxylic acids is 2. The maximum atomic E-state index is 14.5. The number of halogens is 3. The van der Waals surface area contributed by atoms with Crippen LogP contribution in [-0.2, 0) is 4.74 Å². The molecule has 8 nitrogen and oxygen atoms in total. The summed E-state index contributed by atoms with van der Waals surface area (Å²) in [5.74, 6) is -1.35. The average molecular weight is 560 g/mol. The topological polar surface area (TPSA) is 70.4 Å². The average Bonchev–Trinajstić information content (AvgIpc) is 3.32. The molecule has 0 radical (unpaired) electrons. The lowest BCUT2D eigenvalue weighted by molar-refractivity contribution is 0.0240. The fraction of sp³-hybridized carbons (Fsp3) is 0.483. The first-order valence-corrected chi connectivity index (χ1v) is 13.4. The van der Waals surface area contributed by atoms with Crippen molar-refractivity contribution in [1.29, 1.82) is 0 Å². The van der Waals surface area contributed by atoms with Crippen LogP contribution in [0.4, 0.5) is 23.7 Å². The highest BCUT2D eigenvalue weighted by atomic mass is 19.3. The minimum Gasteiger partial charge on any atom is -0.444 e. The molecule has 0 N–H and O–H groups in total. The van der Waals surface area contributed by atoms with Crippen LogP contribution in [0.3, 0.4) is 0 Å². The maximum absolute atomic E-state index is 14.5. The van der Waals surface area contributed by atoms with Gasteiger partial charge in [0.1, 0.15) is 11.4 Å². The Morgan fingerprint density at radius 2 is 1.75 bits per heavy atom. The maximum Gasteiger partial charge on any atom is 0.410 e. The zero-order chi connectivity index (χ0) is 29.4. The fourth-order valence-corrected chi connectivity index (χ4v) is 4.95. The van der Waals surface area contributed by atoms with Gasteiger partial charge in [-0.1, -0.05) is 6.07 Å². The number of amides is 2. The van der Waals surface area contributed by atoms with Crippen LogP contribution in [-0.4, -0.2) is 75.6 Å². The van der Waals surface area contributed by atoms with Crippen LogP contribution < -0.4 is 4.90 Å². The molecule has 0 unspecified atom stereocenters. The van der Waals surface area contributed by atoms with Gasteiger partial charge in [-0.2, -0.15) is 0 Å². The normalized spacial score (nSPS) is 14.4. The molecule has 11 heteroatoms. The largest absolute Gasteiger partial charge is 0.444 e. The summed E-state index contributed by atoms with van der Waals surface area (Å²) in [7, 11) is 0. The highest BCUT2D eigenvalue weighted by Crippen LogP contribution is 2.35. The minimum atomic E-state index is -2.83. The number of aromatic nitrogens is 2. The molecular formula is C29H36F3N5O3. The number of carbonyl (C=O) groups is 2. The van der Waals surface area contributed by atoms with Crippen molar-refractivity contribution in [1.82, 2.24) is 19.2 Å². The Hall–Kier alpha value is -3.76. The van der Waals surface area contributed by atoms with Crippen LogP contribution in [0.1, 0.15) is 64.2 Å². The number of nitrogens with zero attached hydrogens (tertiary/aromatic N) is 5. The fourth-order valence-electron chi connectivity index (χ4n) is 4.95. The van der Waals surface area contributed by atoms with Crippen molar-refractivity contribution in [3.8, 4) is 11.1 Å². The number of ether oxygens (including phenoxy) is 1. The lowest BCUT2D eigenvalue weighted by Crippen LogP contribution is -2.50. The number of benzene rings is 1. The first kappa shape index (κ1) is 29.2. The monoisotopic (exact) mass is 559 g/mol. The van der Waals surface area contributed by atoms with Gasteiger partial charge in [0.25, 0.3) is 12.3 Å². The van der Waals surface area contributed by atoms with Gasteiger partial charge in [0, 0.05) is 50.5 Å². The van der Waals surface area contributed by atoms with E-state index < -0.39 is 29.8 Å². The molecule has 3 aromatic rings. The summed E-state index contributed by atoms with van der Waals surface area (Å²) in [6.45, 7) is 13.1. The van der Waals surface area contributed by atoms with Crippen molar-refractivity contribution in [3.05, 3.63) is 53.9 Å². The van der Waals surface area contributed by atoms with E-state index in [2.05, 4.69) is 4.98 Å². The number of rotatable bonds is 6. The van der Waals surface area contributed by atoms with Gasteiger partial charge in [0.2, 0.25) is 0 Å². The summed E-state index contributed by atoms with van der Waals surface area (Å²) in [5.41, 5.74) is 1.42. The number of pyridine rings is 1. The summed E-state index contributed by atoms with van der Waals surface area (Å²) < 4.78 is 49.2. The van der Waals surface area contributed by atoms with E-state index in [-0.39, 0.29) is 17.5 Å². The molecule has 0 atom stereocenters. The van der Waals surface area contributed by atoms with Gasteiger partial charge in [0.15, 0.2) is 5.82 Å². The molecule has 1 aromatic carbocycles. The number of hydrogen-bond donors (Lipinski definition) is 0. The molecule has 1 aliphatic heterocycles. The predicted molar refractivity (Wildman–Crippen MR) is 147 cm³/mol. The first-order valence-electron chi connectivity index (χ1n) is 13.4. The van der Waals surface area contributed by atoms with E-state index in [4.69, 9.17) is 4.74 Å². The number of hydrogen-bond acceptors (Lipinski definition) is 5. The number of piperazine rings is 1. The van der Waals surface area contributed by atoms with Crippen LogP contribution in [0.15, 0.2) is 36.7 Å². The Bertz CT molecular complexity index is 1390. The highest BCUT2D eigenvalue weighted by Gasteiger charge is 2.28. The number of imidazole rings is 1. The van der Waals surface area contributed by atoms with Gasteiger partial charge in [-0.25, -0.2) is 22.9 Å². The summed E-state index contributed by atoms with van der Waals surface area (Å²) in [6.07, 6.45) is -0.300. The quantitative estimate of drug-likeness (QED) is 0.370. The lowest BCUT2D eigenvalue weighted by atomic mass is 9.97. The molecule has 1 saturated heterocycles. The van der Waals surface area contributed by atoms with Crippen molar-refractivity contribution in [3.63, 3.8) is 0 Å². The van der Waals surface area contributed by atoms with Crippen molar-refractivity contribution < 1.29 is 27.5 Å². The van der Waals surface area contributed by atoms with Crippen molar-refractivity contribution >= 4 is 23.2 Å².